The standard InChI is InChI=1S/C9H11NS/c1-8-5-3-4-6-9(8,2)11-7-10/h3-5H,6H2,1-2H3. The molecular weight excluding hydrogens is 154 g/mol. The largest absolute Gasteiger partial charge is 0.185 e. The van der Waals surface area contributed by atoms with Crippen LogP contribution in [-0.4, -0.2) is 4.75 Å². The van der Waals surface area contributed by atoms with E-state index < -0.39 is 0 Å². The van der Waals surface area contributed by atoms with Crippen molar-refractivity contribution in [1.82, 2.24) is 0 Å². The molecule has 0 aliphatic heterocycles. The van der Waals surface area contributed by atoms with Gasteiger partial charge in [-0.2, -0.15) is 5.26 Å². The first kappa shape index (κ1) is 8.42. The molecule has 0 heterocycles. The highest BCUT2D eigenvalue weighted by atomic mass is 32.2. The maximum Gasteiger partial charge on any atom is 0.134 e. The number of thioether (sulfide) groups is 1. The van der Waals surface area contributed by atoms with Crippen molar-refractivity contribution in [3.63, 3.8) is 0 Å². The number of hydrogen-bond donors (Lipinski definition) is 0. The van der Waals surface area contributed by atoms with Gasteiger partial charge in [0.15, 0.2) is 0 Å². The minimum Gasteiger partial charge on any atom is -0.185 e. The molecule has 0 spiro atoms. The quantitative estimate of drug-likeness (QED) is 0.558. The van der Waals surface area contributed by atoms with Crippen LogP contribution < -0.4 is 0 Å². The van der Waals surface area contributed by atoms with E-state index in [0.717, 1.165) is 6.42 Å². The second kappa shape index (κ2) is 3.15. The van der Waals surface area contributed by atoms with Crippen molar-refractivity contribution < 1.29 is 0 Å². The van der Waals surface area contributed by atoms with Crippen LogP contribution in [0.1, 0.15) is 20.3 Å². The molecule has 0 bridgehead atoms. The Bertz CT molecular complexity index is 247. The van der Waals surface area contributed by atoms with Crippen molar-refractivity contribution in [3.05, 3.63) is 23.8 Å². The molecule has 1 aliphatic carbocycles. The summed E-state index contributed by atoms with van der Waals surface area (Å²) in [6.45, 7) is 4.18. The maximum absolute atomic E-state index is 8.56. The molecule has 0 fully saturated rings. The lowest BCUT2D eigenvalue weighted by atomic mass is 9.94. The van der Waals surface area contributed by atoms with Crippen molar-refractivity contribution in [2.24, 2.45) is 0 Å². The van der Waals surface area contributed by atoms with Gasteiger partial charge < -0.3 is 0 Å². The topological polar surface area (TPSA) is 23.8 Å². The van der Waals surface area contributed by atoms with E-state index in [9.17, 15) is 0 Å². The molecule has 1 aliphatic rings. The molecular formula is C9H11NS. The minimum absolute atomic E-state index is 0.0174. The average molecular weight is 165 g/mol. The van der Waals surface area contributed by atoms with Crippen molar-refractivity contribution in [1.29, 1.82) is 5.26 Å². The van der Waals surface area contributed by atoms with Gasteiger partial charge in [-0.05, 0) is 32.0 Å². The summed E-state index contributed by atoms with van der Waals surface area (Å²) in [5.74, 6) is 0. The Hall–Kier alpha value is -0.680. The number of thiocyanates is 1. The van der Waals surface area contributed by atoms with Gasteiger partial charge in [0.2, 0.25) is 0 Å². The molecule has 11 heavy (non-hydrogen) atoms. The van der Waals surface area contributed by atoms with Gasteiger partial charge in [0.05, 0.1) is 4.75 Å². The Morgan fingerprint density at radius 2 is 2.45 bits per heavy atom. The van der Waals surface area contributed by atoms with Gasteiger partial charge in [-0.3, -0.25) is 0 Å². The van der Waals surface area contributed by atoms with Gasteiger partial charge in [-0.25, -0.2) is 0 Å². The summed E-state index contributed by atoms with van der Waals surface area (Å²) in [5.41, 5.74) is 1.28. The lowest BCUT2D eigenvalue weighted by molar-refractivity contribution is 0.749. The van der Waals surface area contributed by atoms with E-state index in [2.05, 4.69) is 37.5 Å². The molecule has 0 saturated heterocycles. The fourth-order valence-electron chi connectivity index (χ4n) is 1.07. The molecule has 1 unspecified atom stereocenters. The van der Waals surface area contributed by atoms with E-state index in [1.807, 2.05) is 0 Å². The van der Waals surface area contributed by atoms with E-state index >= 15 is 0 Å². The second-order valence-corrected chi connectivity index (χ2v) is 4.19. The molecule has 0 aromatic rings. The van der Waals surface area contributed by atoms with Gasteiger partial charge >= 0.3 is 0 Å². The molecule has 2 heteroatoms. The Kier molecular flexibility index (Phi) is 2.41. The van der Waals surface area contributed by atoms with Crippen LogP contribution in [-0.2, 0) is 0 Å². The molecule has 1 rings (SSSR count). The third kappa shape index (κ3) is 1.66. The van der Waals surface area contributed by atoms with Crippen molar-refractivity contribution >= 4 is 11.8 Å². The maximum atomic E-state index is 8.56. The van der Waals surface area contributed by atoms with Gasteiger partial charge in [-0.15, -0.1) is 0 Å². The summed E-state index contributed by atoms with van der Waals surface area (Å²) < 4.78 is 0.0174. The van der Waals surface area contributed by atoms with Crippen LogP contribution in [0.2, 0.25) is 0 Å². The van der Waals surface area contributed by atoms with Crippen LogP contribution in [0, 0.1) is 10.7 Å². The van der Waals surface area contributed by atoms with E-state index in [0.29, 0.717) is 0 Å². The highest BCUT2D eigenvalue weighted by molar-refractivity contribution is 8.05. The van der Waals surface area contributed by atoms with E-state index in [1.165, 1.54) is 17.3 Å². The molecule has 58 valence electrons. The highest BCUT2D eigenvalue weighted by Crippen LogP contribution is 2.37. The third-order valence-corrected chi connectivity index (χ3v) is 3.13. The van der Waals surface area contributed by atoms with Crippen LogP contribution in [0.25, 0.3) is 0 Å². The van der Waals surface area contributed by atoms with Crippen molar-refractivity contribution in [3.8, 4) is 5.40 Å². The molecule has 0 aromatic carbocycles. The van der Waals surface area contributed by atoms with Crippen LogP contribution in [0.15, 0.2) is 23.8 Å². The molecule has 0 saturated carbocycles. The van der Waals surface area contributed by atoms with Crippen LogP contribution in [0.5, 0.6) is 0 Å². The summed E-state index contributed by atoms with van der Waals surface area (Å²) in [5, 5.41) is 10.7. The third-order valence-electron chi connectivity index (χ3n) is 2.09. The van der Waals surface area contributed by atoms with Gasteiger partial charge in [0.1, 0.15) is 5.40 Å². The number of hydrogen-bond acceptors (Lipinski definition) is 2. The van der Waals surface area contributed by atoms with E-state index in [4.69, 9.17) is 5.26 Å². The van der Waals surface area contributed by atoms with Gasteiger partial charge in [-0.1, -0.05) is 23.8 Å². The molecule has 0 aromatic heterocycles. The lowest BCUT2D eigenvalue weighted by Gasteiger charge is -2.27. The Morgan fingerprint density at radius 3 is 3.00 bits per heavy atom. The molecule has 1 nitrogen and oxygen atoms in total. The summed E-state index contributed by atoms with van der Waals surface area (Å²) >= 11 is 1.35. The highest BCUT2D eigenvalue weighted by Gasteiger charge is 2.27. The number of nitrogens with zero attached hydrogens (tertiary/aromatic N) is 1. The first-order chi connectivity index (χ1) is 5.19. The SMILES string of the molecule is CC1=CC=CCC1(C)SC#N. The second-order valence-electron chi connectivity index (χ2n) is 2.91. The van der Waals surface area contributed by atoms with E-state index in [-0.39, 0.29) is 4.75 Å². The van der Waals surface area contributed by atoms with Gasteiger partial charge in [0.25, 0.3) is 0 Å². The number of allylic oxidation sites excluding steroid dienone is 3. The lowest BCUT2D eigenvalue weighted by Crippen LogP contribution is -2.21. The van der Waals surface area contributed by atoms with Crippen LogP contribution >= 0.6 is 11.8 Å². The zero-order valence-corrected chi connectivity index (χ0v) is 7.61. The predicted octanol–water partition coefficient (Wildman–Crippen LogP) is 2.87. The normalized spacial score (nSPS) is 29.4. The Morgan fingerprint density at radius 1 is 1.73 bits per heavy atom. The smallest absolute Gasteiger partial charge is 0.134 e. The fourth-order valence-corrected chi connectivity index (χ4v) is 1.68. The number of rotatable bonds is 1. The number of nitriles is 1. The zero-order valence-electron chi connectivity index (χ0n) is 6.79. The summed E-state index contributed by atoms with van der Waals surface area (Å²) in [6, 6.07) is 0. The Balaban J connectivity index is 2.81. The molecule has 0 amide bonds. The van der Waals surface area contributed by atoms with Crippen molar-refractivity contribution in [2.45, 2.75) is 25.0 Å². The van der Waals surface area contributed by atoms with E-state index in [1.54, 1.807) is 0 Å². The molecule has 0 radical (unpaired) electrons. The Labute approximate surface area is 71.8 Å². The molecule has 1 atom stereocenters. The minimum atomic E-state index is 0.0174. The summed E-state index contributed by atoms with van der Waals surface area (Å²) in [6.07, 6.45) is 7.20. The average Bonchev–Trinajstić information content (AvgIpc) is 1.96. The van der Waals surface area contributed by atoms with Crippen molar-refractivity contribution in [2.75, 3.05) is 0 Å². The van der Waals surface area contributed by atoms with Crippen LogP contribution in [0.3, 0.4) is 0 Å². The summed E-state index contributed by atoms with van der Waals surface area (Å²) in [4.78, 5) is 0. The predicted molar refractivity (Wildman–Crippen MR) is 49.1 cm³/mol. The fraction of sp³-hybridized carbons (Fsp3) is 0.444. The zero-order chi connectivity index (χ0) is 8.32. The molecule has 0 N–H and O–H groups in total. The monoisotopic (exact) mass is 165 g/mol. The first-order valence-corrected chi connectivity index (χ1v) is 4.42. The van der Waals surface area contributed by atoms with Crippen LogP contribution in [0.4, 0.5) is 0 Å². The summed E-state index contributed by atoms with van der Waals surface area (Å²) in [7, 11) is 0. The van der Waals surface area contributed by atoms with Gasteiger partial charge in [0, 0.05) is 0 Å². The first-order valence-electron chi connectivity index (χ1n) is 3.60.